The van der Waals surface area contributed by atoms with E-state index < -0.39 is 0 Å². The summed E-state index contributed by atoms with van der Waals surface area (Å²) in [5.74, 6) is 1.79. The van der Waals surface area contributed by atoms with Crippen molar-refractivity contribution in [1.29, 1.82) is 0 Å². The Balaban J connectivity index is 1.39. The number of hydrogen-bond donors (Lipinski definition) is 1. The highest BCUT2D eigenvalue weighted by Gasteiger charge is 2.24. The summed E-state index contributed by atoms with van der Waals surface area (Å²) in [7, 11) is 0. The smallest absolute Gasteiger partial charge is 0.252 e. The Bertz CT molecular complexity index is 714. The minimum absolute atomic E-state index is 0.0195. The molecule has 1 aliphatic carbocycles. The van der Waals surface area contributed by atoms with Gasteiger partial charge in [0.05, 0.1) is 5.56 Å². The van der Waals surface area contributed by atoms with Crippen molar-refractivity contribution in [2.45, 2.75) is 31.6 Å². The van der Waals surface area contributed by atoms with Crippen LogP contribution in [0.15, 0.2) is 36.8 Å². The third kappa shape index (κ3) is 3.95. The Kier molecular flexibility index (Phi) is 4.59. The van der Waals surface area contributed by atoms with Gasteiger partial charge < -0.3 is 10.2 Å². The fourth-order valence-electron chi connectivity index (χ4n) is 3.30. The highest BCUT2D eigenvalue weighted by molar-refractivity contribution is 5.93. The van der Waals surface area contributed by atoms with E-state index in [2.05, 4.69) is 25.2 Å². The zero-order valence-corrected chi connectivity index (χ0v) is 14.3. The van der Waals surface area contributed by atoms with E-state index in [1.165, 1.54) is 12.8 Å². The molecule has 25 heavy (non-hydrogen) atoms. The van der Waals surface area contributed by atoms with Gasteiger partial charge in [-0.05, 0) is 49.8 Å². The zero-order valence-electron chi connectivity index (χ0n) is 14.3. The molecular weight excluding hydrogens is 314 g/mol. The van der Waals surface area contributed by atoms with Gasteiger partial charge in [-0.15, -0.1) is 0 Å². The number of carbonyl (C=O) groups excluding carboxylic acids is 1. The van der Waals surface area contributed by atoms with Gasteiger partial charge in [0.2, 0.25) is 5.95 Å². The third-order valence-electron chi connectivity index (χ3n) is 4.97. The SMILES string of the molecule is O=C(NCC1CC1)c1ccc([C@H]2CCCN(c3ncccn3)C2)nc1. The van der Waals surface area contributed by atoms with E-state index in [4.69, 9.17) is 0 Å². The predicted octanol–water partition coefficient (Wildman–Crippen LogP) is 2.40. The molecule has 4 rings (SSSR count). The molecule has 2 fully saturated rings. The van der Waals surface area contributed by atoms with E-state index in [0.717, 1.165) is 44.1 Å². The van der Waals surface area contributed by atoms with E-state index in [9.17, 15) is 4.79 Å². The van der Waals surface area contributed by atoms with Gasteiger partial charge in [0, 0.05) is 49.8 Å². The molecule has 130 valence electrons. The van der Waals surface area contributed by atoms with E-state index in [0.29, 0.717) is 17.4 Å². The van der Waals surface area contributed by atoms with Crippen LogP contribution in [0.2, 0.25) is 0 Å². The second kappa shape index (κ2) is 7.17. The van der Waals surface area contributed by atoms with E-state index in [1.807, 2.05) is 18.2 Å². The van der Waals surface area contributed by atoms with Gasteiger partial charge in [-0.1, -0.05) is 0 Å². The number of pyridine rings is 1. The number of hydrogen-bond acceptors (Lipinski definition) is 5. The molecule has 1 amide bonds. The lowest BCUT2D eigenvalue weighted by Gasteiger charge is -2.32. The first-order valence-corrected chi connectivity index (χ1v) is 9.06. The number of anilines is 1. The van der Waals surface area contributed by atoms with Crippen molar-refractivity contribution in [3.8, 4) is 0 Å². The topological polar surface area (TPSA) is 71.0 Å². The number of nitrogens with one attached hydrogen (secondary N) is 1. The monoisotopic (exact) mass is 337 g/mol. The number of aromatic nitrogens is 3. The van der Waals surface area contributed by atoms with Gasteiger partial charge in [0.15, 0.2) is 0 Å². The van der Waals surface area contributed by atoms with Crippen molar-refractivity contribution in [3.63, 3.8) is 0 Å². The minimum atomic E-state index is -0.0195. The average molecular weight is 337 g/mol. The Morgan fingerprint density at radius 3 is 2.72 bits per heavy atom. The molecule has 2 aromatic rings. The molecule has 2 aromatic heterocycles. The predicted molar refractivity (Wildman–Crippen MR) is 95.5 cm³/mol. The molecule has 1 N–H and O–H groups in total. The van der Waals surface area contributed by atoms with Gasteiger partial charge in [0.1, 0.15) is 0 Å². The lowest BCUT2D eigenvalue weighted by atomic mass is 9.94. The number of carbonyl (C=O) groups is 1. The van der Waals surface area contributed by atoms with Crippen LogP contribution in [0.25, 0.3) is 0 Å². The normalized spacial score (nSPS) is 20.3. The van der Waals surface area contributed by atoms with Crippen LogP contribution in [-0.4, -0.2) is 40.5 Å². The van der Waals surface area contributed by atoms with Crippen molar-refractivity contribution in [3.05, 3.63) is 48.0 Å². The van der Waals surface area contributed by atoms with E-state index in [1.54, 1.807) is 18.6 Å². The fraction of sp³-hybridized carbons (Fsp3) is 0.474. The Morgan fingerprint density at radius 2 is 2.00 bits per heavy atom. The number of rotatable bonds is 5. The molecule has 6 nitrogen and oxygen atoms in total. The summed E-state index contributed by atoms with van der Waals surface area (Å²) in [5, 5.41) is 2.98. The van der Waals surface area contributed by atoms with Gasteiger partial charge in [-0.3, -0.25) is 9.78 Å². The number of amides is 1. The van der Waals surface area contributed by atoms with E-state index >= 15 is 0 Å². The van der Waals surface area contributed by atoms with Gasteiger partial charge >= 0.3 is 0 Å². The summed E-state index contributed by atoms with van der Waals surface area (Å²) in [6, 6.07) is 5.72. The highest BCUT2D eigenvalue weighted by Crippen LogP contribution is 2.28. The van der Waals surface area contributed by atoms with Crippen LogP contribution < -0.4 is 10.2 Å². The van der Waals surface area contributed by atoms with Crippen LogP contribution >= 0.6 is 0 Å². The fourth-order valence-corrected chi connectivity index (χ4v) is 3.30. The molecule has 0 unspecified atom stereocenters. The van der Waals surface area contributed by atoms with Crippen LogP contribution in [0.1, 0.15) is 47.7 Å². The summed E-state index contributed by atoms with van der Waals surface area (Å²) in [5.41, 5.74) is 1.68. The molecule has 3 heterocycles. The quantitative estimate of drug-likeness (QED) is 0.907. The first kappa shape index (κ1) is 16.0. The molecule has 1 saturated heterocycles. The minimum Gasteiger partial charge on any atom is -0.352 e. The molecule has 0 spiro atoms. The summed E-state index contributed by atoms with van der Waals surface area (Å²) >= 11 is 0. The van der Waals surface area contributed by atoms with Crippen molar-refractivity contribution in [2.75, 3.05) is 24.5 Å². The lowest BCUT2D eigenvalue weighted by molar-refractivity contribution is 0.0951. The van der Waals surface area contributed by atoms with Crippen molar-refractivity contribution >= 4 is 11.9 Å². The van der Waals surface area contributed by atoms with Crippen LogP contribution in [0, 0.1) is 5.92 Å². The maximum atomic E-state index is 12.1. The van der Waals surface area contributed by atoms with E-state index in [-0.39, 0.29) is 5.91 Å². The van der Waals surface area contributed by atoms with Crippen molar-refractivity contribution in [1.82, 2.24) is 20.3 Å². The van der Waals surface area contributed by atoms with Crippen molar-refractivity contribution in [2.24, 2.45) is 5.92 Å². The summed E-state index contributed by atoms with van der Waals surface area (Å²) in [6.07, 6.45) is 9.92. The molecule has 1 atom stereocenters. The van der Waals surface area contributed by atoms with Crippen LogP contribution in [-0.2, 0) is 0 Å². The van der Waals surface area contributed by atoms with Crippen LogP contribution in [0.5, 0.6) is 0 Å². The first-order valence-electron chi connectivity index (χ1n) is 9.06. The lowest BCUT2D eigenvalue weighted by Crippen LogP contribution is -2.35. The van der Waals surface area contributed by atoms with Crippen LogP contribution in [0.3, 0.4) is 0 Å². The molecule has 0 radical (unpaired) electrons. The standard InChI is InChI=1S/C19H23N5O/c25-18(23-11-14-4-5-14)15-6-7-17(22-12-15)16-3-1-10-24(13-16)19-20-8-2-9-21-19/h2,6-9,12,14,16H,1,3-5,10-11,13H2,(H,23,25)/t16-/m0/s1. The zero-order chi connectivity index (χ0) is 17.1. The summed E-state index contributed by atoms with van der Waals surface area (Å²) < 4.78 is 0. The molecule has 1 aliphatic heterocycles. The summed E-state index contributed by atoms with van der Waals surface area (Å²) in [6.45, 7) is 2.63. The van der Waals surface area contributed by atoms with Crippen LogP contribution in [0.4, 0.5) is 5.95 Å². The maximum Gasteiger partial charge on any atom is 0.252 e. The largest absolute Gasteiger partial charge is 0.352 e. The molecule has 6 heteroatoms. The Morgan fingerprint density at radius 1 is 1.16 bits per heavy atom. The molecule has 0 aromatic carbocycles. The van der Waals surface area contributed by atoms with Gasteiger partial charge in [-0.25, -0.2) is 9.97 Å². The third-order valence-corrected chi connectivity index (χ3v) is 4.97. The van der Waals surface area contributed by atoms with Gasteiger partial charge in [0.25, 0.3) is 5.91 Å². The summed E-state index contributed by atoms with van der Waals surface area (Å²) in [4.78, 5) is 27.6. The van der Waals surface area contributed by atoms with Crippen molar-refractivity contribution < 1.29 is 4.79 Å². The number of piperidine rings is 1. The molecular formula is C19H23N5O. The van der Waals surface area contributed by atoms with Gasteiger partial charge in [-0.2, -0.15) is 0 Å². The maximum absolute atomic E-state index is 12.1. The molecule has 0 bridgehead atoms. The number of nitrogens with zero attached hydrogens (tertiary/aromatic N) is 4. The molecule has 2 aliphatic rings. The first-order chi connectivity index (χ1) is 12.3. The average Bonchev–Trinajstić information content (AvgIpc) is 3.52. The molecule has 1 saturated carbocycles. The Labute approximate surface area is 147 Å². The Hall–Kier alpha value is -2.50. The highest BCUT2D eigenvalue weighted by atomic mass is 16.1. The second-order valence-corrected chi connectivity index (χ2v) is 6.96. The second-order valence-electron chi connectivity index (χ2n) is 6.96.